The summed E-state index contributed by atoms with van der Waals surface area (Å²) in [6.07, 6.45) is 1.83. The molecular formula is C23H27BrFNO3. The maximum absolute atomic E-state index is 15.0. The topological polar surface area (TPSA) is 47.6 Å². The summed E-state index contributed by atoms with van der Waals surface area (Å²) in [6, 6.07) is 11.7. The van der Waals surface area contributed by atoms with Gasteiger partial charge in [0.25, 0.3) is 0 Å². The Kier molecular flexibility index (Phi) is 7.53. The Morgan fingerprint density at radius 2 is 2.07 bits per heavy atom. The molecule has 0 fully saturated rings. The lowest BCUT2D eigenvalue weighted by molar-refractivity contribution is 0.0885. The van der Waals surface area contributed by atoms with E-state index < -0.39 is 6.09 Å². The number of hydrogen-bond acceptors (Lipinski definition) is 3. The molecule has 29 heavy (non-hydrogen) atoms. The minimum absolute atomic E-state index is 0.314. The molecule has 0 radical (unpaired) electrons. The van der Waals surface area contributed by atoms with E-state index in [0.717, 1.165) is 17.5 Å². The first kappa shape index (κ1) is 21.6. The lowest BCUT2D eigenvalue weighted by atomic mass is 9.89. The van der Waals surface area contributed by atoms with E-state index in [1.165, 1.54) is 0 Å². The number of alkyl carbamates (subject to hydrolysis) is 1. The molecule has 0 saturated carbocycles. The van der Waals surface area contributed by atoms with Gasteiger partial charge < -0.3 is 14.8 Å². The number of benzene rings is 2. The zero-order valence-corrected chi connectivity index (χ0v) is 18.4. The Bertz CT molecular complexity index is 842. The van der Waals surface area contributed by atoms with Gasteiger partial charge in [-0.1, -0.05) is 44.2 Å². The van der Waals surface area contributed by atoms with Gasteiger partial charge in [-0.05, 0) is 63.9 Å². The average Bonchev–Trinajstić information content (AvgIpc) is 2.70. The van der Waals surface area contributed by atoms with Gasteiger partial charge >= 0.3 is 6.09 Å². The summed E-state index contributed by atoms with van der Waals surface area (Å²) in [7, 11) is 0. The highest BCUT2D eigenvalue weighted by Crippen LogP contribution is 2.37. The van der Waals surface area contributed by atoms with Crippen LogP contribution in [0, 0.1) is 11.7 Å². The second kappa shape index (κ2) is 10.1. The Balaban J connectivity index is 1.62. The predicted octanol–water partition coefficient (Wildman–Crippen LogP) is 5.80. The number of nitrogens with one attached hydrogen (secondary N) is 1. The number of carbonyl (C=O) groups is 1. The molecule has 6 heteroatoms. The van der Waals surface area contributed by atoms with E-state index in [4.69, 9.17) is 9.47 Å². The van der Waals surface area contributed by atoms with Crippen LogP contribution < -0.4 is 10.1 Å². The van der Waals surface area contributed by atoms with Crippen molar-refractivity contribution in [2.24, 2.45) is 5.92 Å². The fraction of sp³-hybridized carbons (Fsp3) is 0.435. The van der Waals surface area contributed by atoms with E-state index >= 15 is 0 Å². The number of aryl methyl sites for hydroxylation is 1. The van der Waals surface area contributed by atoms with Gasteiger partial charge in [-0.2, -0.15) is 0 Å². The molecule has 0 aromatic heterocycles. The largest absolute Gasteiger partial charge is 0.488 e. The van der Waals surface area contributed by atoms with Crippen LogP contribution in [0.4, 0.5) is 9.18 Å². The van der Waals surface area contributed by atoms with Crippen molar-refractivity contribution in [3.63, 3.8) is 0 Å². The lowest BCUT2D eigenvalue weighted by Gasteiger charge is -2.26. The van der Waals surface area contributed by atoms with Crippen LogP contribution in [0.25, 0.3) is 0 Å². The highest BCUT2D eigenvalue weighted by atomic mass is 79.9. The Morgan fingerprint density at radius 3 is 2.79 bits per heavy atom. The first-order chi connectivity index (χ1) is 13.9. The molecule has 0 saturated heterocycles. The van der Waals surface area contributed by atoms with Crippen LogP contribution >= 0.6 is 15.9 Å². The van der Waals surface area contributed by atoms with Crippen molar-refractivity contribution >= 4 is 22.0 Å². The van der Waals surface area contributed by atoms with Crippen molar-refractivity contribution in [1.29, 1.82) is 0 Å². The second-order valence-corrected chi connectivity index (χ2v) is 8.59. The van der Waals surface area contributed by atoms with E-state index in [-0.39, 0.29) is 11.9 Å². The third kappa shape index (κ3) is 5.95. The van der Waals surface area contributed by atoms with Crippen LogP contribution in [0.3, 0.4) is 0 Å². The fourth-order valence-corrected chi connectivity index (χ4v) is 3.85. The Labute approximate surface area is 179 Å². The maximum atomic E-state index is 15.0. The second-order valence-electron chi connectivity index (χ2n) is 7.79. The number of amides is 1. The van der Waals surface area contributed by atoms with Crippen molar-refractivity contribution in [2.45, 2.75) is 52.2 Å². The molecule has 1 amide bonds. The molecule has 2 aromatic carbocycles. The SMILES string of the molecule is CC(C)CCNC(=O)O[C@@H]1CCc2cc(OCc3ccccc3)c(Br)c(F)c2C1. The number of rotatable bonds is 7. The predicted molar refractivity (Wildman–Crippen MR) is 115 cm³/mol. The number of halogens is 2. The highest BCUT2D eigenvalue weighted by molar-refractivity contribution is 9.10. The average molecular weight is 464 g/mol. The van der Waals surface area contributed by atoms with Crippen LogP contribution in [-0.4, -0.2) is 18.7 Å². The van der Waals surface area contributed by atoms with Crippen LogP contribution in [0.15, 0.2) is 40.9 Å². The molecule has 1 aliphatic carbocycles. The third-order valence-electron chi connectivity index (χ3n) is 5.04. The summed E-state index contributed by atoms with van der Waals surface area (Å²) in [5.41, 5.74) is 2.53. The van der Waals surface area contributed by atoms with Gasteiger partial charge in [-0.3, -0.25) is 0 Å². The Morgan fingerprint density at radius 1 is 1.31 bits per heavy atom. The number of carbonyl (C=O) groups excluding carboxylic acids is 1. The zero-order valence-electron chi connectivity index (χ0n) is 16.8. The number of ether oxygens (including phenoxy) is 2. The van der Waals surface area contributed by atoms with Gasteiger partial charge in [0.1, 0.15) is 24.3 Å². The quantitative estimate of drug-likeness (QED) is 0.564. The van der Waals surface area contributed by atoms with E-state index in [1.54, 1.807) is 0 Å². The van der Waals surface area contributed by atoms with Crippen LogP contribution in [0.1, 0.15) is 43.4 Å². The number of hydrogen-bond donors (Lipinski definition) is 1. The zero-order chi connectivity index (χ0) is 20.8. The van der Waals surface area contributed by atoms with Crippen LogP contribution in [-0.2, 0) is 24.2 Å². The van der Waals surface area contributed by atoms with Crippen molar-refractivity contribution in [3.8, 4) is 5.75 Å². The maximum Gasteiger partial charge on any atom is 0.407 e. The van der Waals surface area contributed by atoms with Gasteiger partial charge in [0.05, 0.1) is 4.47 Å². The van der Waals surface area contributed by atoms with Crippen LogP contribution in [0.2, 0.25) is 0 Å². The fourth-order valence-electron chi connectivity index (χ4n) is 3.38. The molecular weight excluding hydrogens is 437 g/mol. The first-order valence-electron chi connectivity index (χ1n) is 10.0. The highest BCUT2D eigenvalue weighted by Gasteiger charge is 2.27. The van der Waals surface area contributed by atoms with Crippen molar-refractivity contribution < 1.29 is 18.7 Å². The molecule has 0 aliphatic heterocycles. The first-order valence-corrected chi connectivity index (χ1v) is 10.8. The molecule has 1 atom stereocenters. The molecule has 156 valence electrons. The molecule has 0 spiro atoms. The van der Waals surface area contributed by atoms with Gasteiger partial charge in [-0.25, -0.2) is 9.18 Å². The molecule has 4 nitrogen and oxygen atoms in total. The molecule has 0 heterocycles. The van der Waals surface area contributed by atoms with Crippen molar-refractivity contribution in [1.82, 2.24) is 5.32 Å². The van der Waals surface area contributed by atoms with Crippen molar-refractivity contribution in [3.05, 3.63) is 63.4 Å². The standard InChI is InChI=1S/C23H27BrFNO3/c1-15(2)10-11-26-23(27)29-18-9-8-17-12-20(21(24)22(25)19(17)13-18)28-14-16-6-4-3-5-7-16/h3-7,12,15,18H,8-11,13-14H2,1-2H3,(H,26,27)/t18-/m1/s1. The summed E-state index contributed by atoms with van der Waals surface area (Å²) in [5, 5.41) is 2.77. The van der Waals surface area contributed by atoms with Gasteiger partial charge in [0.2, 0.25) is 0 Å². The third-order valence-corrected chi connectivity index (χ3v) is 5.78. The smallest absolute Gasteiger partial charge is 0.407 e. The summed E-state index contributed by atoms with van der Waals surface area (Å²) in [4.78, 5) is 12.0. The summed E-state index contributed by atoms with van der Waals surface area (Å²) in [6.45, 7) is 5.16. The lowest BCUT2D eigenvalue weighted by Crippen LogP contribution is -2.33. The van der Waals surface area contributed by atoms with E-state index in [0.29, 0.717) is 54.1 Å². The molecule has 1 N–H and O–H groups in total. The van der Waals surface area contributed by atoms with Crippen molar-refractivity contribution in [2.75, 3.05) is 6.54 Å². The Hall–Kier alpha value is -2.08. The normalized spacial score (nSPS) is 15.7. The molecule has 3 rings (SSSR count). The molecule has 2 aromatic rings. The van der Waals surface area contributed by atoms with Gasteiger partial charge in [-0.15, -0.1) is 0 Å². The van der Waals surface area contributed by atoms with Gasteiger partial charge in [0, 0.05) is 13.0 Å². The molecule has 0 unspecified atom stereocenters. The summed E-state index contributed by atoms with van der Waals surface area (Å²) < 4.78 is 26.6. The summed E-state index contributed by atoms with van der Waals surface area (Å²) >= 11 is 3.33. The molecule has 1 aliphatic rings. The van der Waals surface area contributed by atoms with E-state index in [2.05, 4.69) is 35.1 Å². The van der Waals surface area contributed by atoms with E-state index in [1.807, 2.05) is 36.4 Å². The number of fused-ring (bicyclic) bond motifs is 1. The summed E-state index contributed by atoms with van der Waals surface area (Å²) in [5.74, 6) is 0.677. The minimum atomic E-state index is -0.429. The van der Waals surface area contributed by atoms with E-state index in [9.17, 15) is 9.18 Å². The molecule has 0 bridgehead atoms. The minimum Gasteiger partial charge on any atom is -0.488 e. The van der Waals surface area contributed by atoms with Crippen LogP contribution in [0.5, 0.6) is 5.75 Å². The monoisotopic (exact) mass is 463 g/mol. The van der Waals surface area contributed by atoms with Gasteiger partial charge in [0.15, 0.2) is 0 Å².